The van der Waals surface area contributed by atoms with Crippen molar-refractivity contribution < 1.29 is 13.5 Å². The van der Waals surface area contributed by atoms with Gasteiger partial charge in [0.05, 0.1) is 18.8 Å². The minimum absolute atomic E-state index is 0.0774. The molecule has 0 fully saturated rings. The number of hydrogen-bond acceptors (Lipinski definition) is 4. The summed E-state index contributed by atoms with van der Waals surface area (Å²) < 4.78 is 24.3. The van der Waals surface area contributed by atoms with Gasteiger partial charge in [0.2, 0.25) is 5.89 Å². The summed E-state index contributed by atoms with van der Waals surface area (Å²) in [5.74, 6) is 1.77. The molecule has 0 saturated carbocycles. The molecule has 2 N–H and O–H groups in total. The molecule has 0 saturated heterocycles. The average Bonchev–Trinajstić information content (AvgIpc) is 3.09. The molecule has 0 amide bonds. The molecule has 0 aliphatic heterocycles. The number of aliphatic imine (C=N–C) groups is 1. The van der Waals surface area contributed by atoms with Crippen LogP contribution in [-0.2, 0) is 16.7 Å². The monoisotopic (exact) mass is 362 g/mol. The Labute approximate surface area is 153 Å². The molecule has 142 valence electrons. The van der Waals surface area contributed by atoms with E-state index in [2.05, 4.69) is 41.4 Å². The van der Waals surface area contributed by atoms with Crippen molar-refractivity contribution in [2.45, 2.75) is 38.8 Å². The van der Waals surface area contributed by atoms with Gasteiger partial charge in [-0.3, -0.25) is 4.99 Å². The molecule has 7 heteroatoms. The fraction of sp³-hybridized carbons (Fsp3) is 0.474. The highest BCUT2D eigenvalue weighted by atomic mass is 19.1. The number of hydrogen-bond donors (Lipinski definition) is 2. The molecule has 0 aliphatic carbocycles. The molecular formula is C19H27FN4O2. The third kappa shape index (κ3) is 5.56. The van der Waals surface area contributed by atoms with Gasteiger partial charge < -0.3 is 19.8 Å². The Morgan fingerprint density at radius 3 is 2.50 bits per heavy atom. The molecule has 2 aromatic rings. The number of guanidine groups is 1. The average molecular weight is 362 g/mol. The van der Waals surface area contributed by atoms with E-state index in [0.29, 0.717) is 24.9 Å². The zero-order valence-corrected chi connectivity index (χ0v) is 16.0. The molecule has 0 bridgehead atoms. The lowest BCUT2D eigenvalue weighted by Gasteiger charge is -2.18. The van der Waals surface area contributed by atoms with Gasteiger partial charge in [0, 0.05) is 26.1 Å². The Balaban J connectivity index is 1.88. The number of benzene rings is 1. The van der Waals surface area contributed by atoms with E-state index in [1.165, 1.54) is 12.1 Å². The van der Waals surface area contributed by atoms with Crippen LogP contribution in [0.4, 0.5) is 4.39 Å². The van der Waals surface area contributed by atoms with Crippen LogP contribution in [0.2, 0.25) is 0 Å². The Kier molecular flexibility index (Phi) is 6.74. The van der Waals surface area contributed by atoms with Crippen molar-refractivity contribution in [2.75, 3.05) is 20.7 Å². The zero-order chi connectivity index (χ0) is 19.2. The number of ether oxygens (including phenoxy) is 1. The highest BCUT2D eigenvalue weighted by molar-refractivity contribution is 5.79. The number of rotatable bonds is 6. The second-order valence-corrected chi connectivity index (χ2v) is 6.95. The number of halogens is 1. The van der Waals surface area contributed by atoms with E-state index in [4.69, 9.17) is 9.15 Å². The van der Waals surface area contributed by atoms with Crippen LogP contribution in [0.5, 0.6) is 0 Å². The minimum atomic E-state index is -0.269. The topological polar surface area (TPSA) is 71.7 Å². The van der Waals surface area contributed by atoms with Crippen LogP contribution in [0.1, 0.15) is 44.1 Å². The molecule has 26 heavy (non-hydrogen) atoms. The Morgan fingerprint density at radius 1 is 1.27 bits per heavy atom. The van der Waals surface area contributed by atoms with Crippen molar-refractivity contribution in [2.24, 2.45) is 4.99 Å². The highest BCUT2D eigenvalue weighted by Crippen LogP contribution is 2.22. The summed E-state index contributed by atoms with van der Waals surface area (Å²) in [7, 11) is 3.30. The standard InChI is InChI=1S/C19H27FN4O2/c1-19(2,3)16-11-22-17(26-16)12-24-18(21-4)23-10-15(25-5)13-6-8-14(20)9-7-13/h6-9,11,15H,10,12H2,1-5H3,(H2,21,23,24). The number of nitrogens with one attached hydrogen (secondary N) is 2. The highest BCUT2D eigenvalue weighted by Gasteiger charge is 2.19. The van der Waals surface area contributed by atoms with Crippen molar-refractivity contribution in [1.29, 1.82) is 0 Å². The second-order valence-electron chi connectivity index (χ2n) is 6.95. The molecule has 0 radical (unpaired) electrons. The fourth-order valence-corrected chi connectivity index (χ4v) is 2.32. The zero-order valence-electron chi connectivity index (χ0n) is 16.0. The maximum absolute atomic E-state index is 13.1. The molecule has 2 rings (SSSR count). The minimum Gasteiger partial charge on any atom is -0.443 e. The van der Waals surface area contributed by atoms with Crippen molar-refractivity contribution in [3.63, 3.8) is 0 Å². The lowest BCUT2D eigenvalue weighted by Crippen LogP contribution is -2.39. The van der Waals surface area contributed by atoms with Gasteiger partial charge in [0.25, 0.3) is 0 Å². The first-order valence-electron chi connectivity index (χ1n) is 8.51. The summed E-state index contributed by atoms with van der Waals surface area (Å²) in [4.78, 5) is 8.47. The third-order valence-electron chi connectivity index (χ3n) is 3.90. The molecule has 6 nitrogen and oxygen atoms in total. The van der Waals surface area contributed by atoms with Crippen LogP contribution in [0.15, 0.2) is 39.9 Å². The van der Waals surface area contributed by atoms with Gasteiger partial charge in [-0.05, 0) is 17.7 Å². The van der Waals surface area contributed by atoms with E-state index in [0.717, 1.165) is 11.3 Å². The van der Waals surface area contributed by atoms with E-state index in [9.17, 15) is 4.39 Å². The van der Waals surface area contributed by atoms with Crippen LogP contribution < -0.4 is 10.6 Å². The molecular weight excluding hydrogens is 335 g/mol. The van der Waals surface area contributed by atoms with Crippen LogP contribution in [0.3, 0.4) is 0 Å². The lowest BCUT2D eigenvalue weighted by molar-refractivity contribution is 0.106. The Morgan fingerprint density at radius 2 is 1.96 bits per heavy atom. The van der Waals surface area contributed by atoms with Gasteiger partial charge in [0.15, 0.2) is 5.96 Å². The van der Waals surface area contributed by atoms with E-state index in [-0.39, 0.29) is 17.3 Å². The normalized spacial score (nSPS) is 13.5. The van der Waals surface area contributed by atoms with Gasteiger partial charge in [-0.1, -0.05) is 32.9 Å². The summed E-state index contributed by atoms with van der Waals surface area (Å²) in [6, 6.07) is 6.26. The lowest BCUT2D eigenvalue weighted by atomic mass is 9.94. The van der Waals surface area contributed by atoms with E-state index < -0.39 is 0 Å². The predicted octanol–water partition coefficient (Wildman–Crippen LogP) is 3.16. The quantitative estimate of drug-likeness (QED) is 0.610. The third-order valence-corrected chi connectivity index (χ3v) is 3.90. The van der Waals surface area contributed by atoms with Crippen LogP contribution in [0, 0.1) is 5.82 Å². The fourth-order valence-electron chi connectivity index (χ4n) is 2.32. The number of methoxy groups -OCH3 is 1. The van der Waals surface area contributed by atoms with Crippen molar-refractivity contribution in [3.05, 3.63) is 53.5 Å². The number of aromatic nitrogens is 1. The van der Waals surface area contributed by atoms with Gasteiger partial charge in [-0.25, -0.2) is 9.37 Å². The van der Waals surface area contributed by atoms with Crippen molar-refractivity contribution in [1.82, 2.24) is 15.6 Å². The largest absolute Gasteiger partial charge is 0.443 e. The first kappa shape index (κ1) is 19.9. The molecule has 0 aliphatic rings. The summed E-state index contributed by atoms with van der Waals surface area (Å²) in [6.07, 6.45) is 1.53. The number of nitrogens with zero attached hydrogens (tertiary/aromatic N) is 2. The van der Waals surface area contributed by atoms with E-state index >= 15 is 0 Å². The second kappa shape index (κ2) is 8.80. The van der Waals surface area contributed by atoms with E-state index in [1.54, 1.807) is 32.5 Å². The SMILES string of the molecule is CN=C(NCc1ncc(C(C)(C)C)o1)NCC(OC)c1ccc(F)cc1. The first-order valence-corrected chi connectivity index (χ1v) is 8.51. The van der Waals surface area contributed by atoms with E-state index in [1.807, 2.05) is 0 Å². The maximum atomic E-state index is 13.1. The smallest absolute Gasteiger partial charge is 0.213 e. The molecule has 0 spiro atoms. The van der Waals surface area contributed by atoms with Gasteiger partial charge in [0.1, 0.15) is 11.6 Å². The first-order chi connectivity index (χ1) is 12.3. The predicted molar refractivity (Wildman–Crippen MR) is 99.6 cm³/mol. The molecule has 1 aromatic carbocycles. The molecule has 1 atom stereocenters. The van der Waals surface area contributed by atoms with Gasteiger partial charge in [-0.2, -0.15) is 0 Å². The van der Waals surface area contributed by atoms with Crippen LogP contribution in [0.25, 0.3) is 0 Å². The molecule has 1 heterocycles. The summed E-state index contributed by atoms with van der Waals surface area (Å²) in [6.45, 7) is 7.13. The molecule has 1 unspecified atom stereocenters. The summed E-state index contributed by atoms with van der Waals surface area (Å²) >= 11 is 0. The Hall–Kier alpha value is -2.41. The Bertz CT molecular complexity index is 720. The summed E-state index contributed by atoms with van der Waals surface area (Å²) in [5, 5.41) is 6.35. The van der Waals surface area contributed by atoms with Gasteiger partial charge >= 0.3 is 0 Å². The van der Waals surface area contributed by atoms with Crippen molar-refractivity contribution >= 4 is 5.96 Å². The van der Waals surface area contributed by atoms with Gasteiger partial charge in [-0.15, -0.1) is 0 Å². The van der Waals surface area contributed by atoms with Crippen LogP contribution >= 0.6 is 0 Å². The maximum Gasteiger partial charge on any atom is 0.213 e. The van der Waals surface area contributed by atoms with Crippen molar-refractivity contribution in [3.8, 4) is 0 Å². The number of oxazole rings is 1. The molecule has 1 aromatic heterocycles. The van der Waals surface area contributed by atoms with Crippen LogP contribution in [-0.4, -0.2) is 31.6 Å². The summed E-state index contributed by atoms with van der Waals surface area (Å²) in [5.41, 5.74) is 0.811.